The van der Waals surface area contributed by atoms with Gasteiger partial charge in [-0.25, -0.2) is 0 Å². The highest BCUT2D eigenvalue weighted by atomic mass is 32.1. The zero-order valence-electron chi connectivity index (χ0n) is 13.3. The number of benzene rings is 2. The highest BCUT2D eigenvalue weighted by Gasteiger charge is 2.09. The third-order valence-corrected chi connectivity index (χ3v) is 3.46. The zero-order valence-corrected chi connectivity index (χ0v) is 14.1. The lowest BCUT2D eigenvalue weighted by molar-refractivity contribution is 0.0977. The molecule has 0 bridgehead atoms. The largest absolute Gasteiger partial charge is 0.494 e. The van der Waals surface area contributed by atoms with E-state index < -0.39 is 0 Å². The maximum atomic E-state index is 12.2. The lowest BCUT2D eigenvalue weighted by Crippen LogP contribution is -2.34. The number of thiocarbonyl (C=S) groups is 1. The molecule has 5 heteroatoms. The Balaban J connectivity index is 1.96. The monoisotopic (exact) mass is 328 g/mol. The molecule has 0 aromatic heterocycles. The SMILES string of the molecule is CCOc1cccc(C(=O)NC(=S)Nc2ccc(CC)cc2)c1. The van der Waals surface area contributed by atoms with Crippen LogP contribution in [0.2, 0.25) is 0 Å². The van der Waals surface area contributed by atoms with Gasteiger partial charge in [-0.2, -0.15) is 0 Å². The van der Waals surface area contributed by atoms with Crippen LogP contribution in [-0.2, 0) is 6.42 Å². The van der Waals surface area contributed by atoms with E-state index in [1.807, 2.05) is 37.3 Å². The van der Waals surface area contributed by atoms with Gasteiger partial charge in [-0.05, 0) is 61.5 Å². The van der Waals surface area contributed by atoms with Crippen LogP contribution in [0.5, 0.6) is 5.75 Å². The predicted octanol–water partition coefficient (Wildman–Crippen LogP) is 3.77. The Kier molecular flexibility index (Phi) is 6.11. The number of ether oxygens (including phenoxy) is 1. The Hall–Kier alpha value is -2.40. The maximum Gasteiger partial charge on any atom is 0.257 e. The quantitative estimate of drug-likeness (QED) is 0.820. The minimum Gasteiger partial charge on any atom is -0.494 e. The molecule has 4 nitrogen and oxygen atoms in total. The molecule has 2 aromatic carbocycles. The molecule has 0 aliphatic carbocycles. The van der Waals surface area contributed by atoms with E-state index in [9.17, 15) is 4.79 Å². The summed E-state index contributed by atoms with van der Waals surface area (Å²) in [6.45, 7) is 4.55. The number of amides is 1. The van der Waals surface area contributed by atoms with Gasteiger partial charge in [-0.1, -0.05) is 25.1 Å². The van der Waals surface area contributed by atoms with Crippen LogP contribution in [0.15, 0.2) is 48.5 Å². The molecule has 23 heavy (non-hydrogen) atoms. The van der Waals surface area contributed by atoms with Gasteiger partial charge in [0.25, 0.3) is 5.91 Å². The van der Waals surface area contributed by atoms with E-state index in [1.165, 1.54) is 5.56 Å². The second kappa shape index (κ2) is 8.29. The Morgan fingerprint density at radius 1 is 1.13 bits per heavy atom. The number of aryl methyl sites for hydroxylation is 1. The second-order valence-electron chi connectivity index (χ2n) is 4.92. The van der Waals surface area contributed by atoms with E-state index >= 15 is 0 Å². The molecule has 2 aromatic rings. The van der Waals surface area contributed by atoms with Gasteiger partial charge in [0, 0.05) is 11.3 Å². The van der Waals surface area contributed by atoms with Gasteiger partial charge in [0.2, 0.25) is 0 Å². The molecule has 120 valence electrons. The minimum atomic E-state index is -0.269. The highest BCUT2D eigenvalue weighted by Crippen LogP contribution is 2.13. The number of rotatable bonds is 5. The summed E-state index contributed by atoms with van der Waals surface area (Å²) in [7, 11) is 0. The Morgan fingerprint density at radius 3 is 2.52 bits per heavy atom. The molecule has 0 heterocycles. The molecule has 0 fully saturated rings. The van der Waals surface area contributed by atoms with Gasteiger partial charge in [-0.3, -0.25) is 10.1 Å². The van der Waals surface area contributed by atoms with Gasteiger partial charge in [0.15, 0.2) is 5.11 Å². The molecule has 0 unspecified atom stereocenters. The number of hydrogen-bond acceptors (Lipinski definition) is 3. The molecule has 2 rings (SSSR count). The zero-order chi connectivity index (χ0) is 16.7. The molecule has 1 amide bonds. The lowest BCUT2D eigenvalue weighted by Gasteiger charge is -2.11. The van der Waals surface area contributed by atoms with Crippen LogP contribution in [0.1, 0.15) is 29.8 Å². The summed E-state index contributed by atoms with van der Waals surface area (Å²) in [5.74, 6) is 0.392. The van der Waals surface area contributed by atoms with Crippen LogP contribution in [0.25, 0.3) is 0 Å². The fourth-order valence-corrected chi connectivity index (χ4v) is 2.27. The van der Waals surface area contributed by atoms with E-state index in [1.54, 1.807) is 18.2 Å². The van der Waals surface area contributed by atoms with Crippen LogP contribution in [0.4, 0.5) is 5.69 Å². The fourth-order valence-electron chi connectivity index (χ4n) is 2.06. The summed E-state index contributed by atoms with van der Waals surface area (Å²) >= 11 is 5.18. The topological polar surface area (TPSA) is 50.4 Å². The van der Waals surface area contributed by atoms with Gasteiger partial charge in [-0.15, -0.1) is 0 Å². The van der Waals surface area contributed by atoms with E-state index in [0.717, 1.165) is 12.1 Å². The summed E-state index contributed by atoms with van der Waals surface area (Å²) in [6.07, 6.45) is 0.984. The van der Waals surface area contributed by atoms with Crippen molar-refractivity contribution in [1.29, 1.82) is 0 Å². The first-order valence-corrected chi connectivity index (χ1v) is 7.97. The molecule has 0 aliphatic rings. The number of carbonyl (C=O) groups is 1. The van der Waals surface area contributed by atoms with Crippen molar-refractivity contribution < 1.29 is 9.53 Å². The molecule has 0 saturated heterocycles. The van der Waals surface area contributed by atoms with Gasteiger partial charge in [0.1, 0.15) is 5.75 Å². The van der Waals surface area contributed by atoms with Gasteiger partial charge in [0.05, 0.1) is 6.61 Å². The average molecular weight is 328 g/mol. The Bertz CT molecular complexity index is 684. The first-order valence-electron chi connectivity index (χ1n) is 7.56. The summed E-state index contributed by atoms with van der Waals surface area (Å²) in [5, 5.41) is 5.94. The van der Waals surface area contributed by atoms with Crippen molar-refractivity contribution in [1.82, 2.24) is 5.32 Å². The Labute approximate surface area is 141 Å². The normalized spacial score (nSPS) is 10.0. The summed E-state index contributed by atoms with van der Waals surface area (Å²) in [4.78, 5) is 12.2. The summed E-state index contributed by atoms with van der Waals surface area (Å²) in [6, 6.07) is 14.9. The van der Waals surface area contributed by atoms with Crippen LogP contribution in [-0.4, -0.2) is 17.6 Å². The van der Waals surface area contributed by atoms with Crippen molar-refractivity contribution in [2.45, 2.75) is 20.3 Å². The van der Waals surface area contributed by atoms with Crippen molar-refractivity contribution in [3.63, 3.8) is 0 Å². The maximum absolute atomic E-state index is 12.2. The number of nitrogens with one attached hydrogen (secondary N) is 2. The Morgan fingerprint density at radius 2 is 1.87 bits per heavy atom. The summed E-state index contributed by atoms with van der Waals surface area (Å²) in [5.41, 5.74) is 2.59. The first-order chi connectivity index (χ1) is 11.1. The van der Waals surface area contributed by atoms with Crippen molar-refractivity contribution in [3.05, 3.63) is 59.7 Å². The van der Waals surface area contributed by atoms with Crippen molar-refractivity contribution >= 4 is 28.9 Å². The average Bonchev–Trinajstić information content (AvgIpc) is 2.56. The van der Waals surface area contributed by atoms with Crippen LogP contribution < -0.4 is 15.4 Å². The van der Waals surface area contributed by atoms with Crippen LogP contribution in [0.3, 0.4) is 0 Å². The predicted molar refractivity (Wildman–Crippen MR) is 97.1 cm³/mol. The smallest absolute Gasteiger partial charge is 0.257 e. The molecular weight excluding hydrogens is 308 g/mol. The lowest BCUT2D eigenvalue weighted by atomic mass is 10.1. The van der Waals surface area contributed by atoms with E-state index in [0.29, 0.717) is 17.9 Å². The van der Waals surface area contributed by atoms with Crippen molar-refractivity contribution in [3.8, 4) is 5.75 Å². The highest BCUT2D eigenvalue weighted by molar-refractivity contribution is 7.80. The minimum absolute atomic E-state index is 0.265. The van der Waals surface area contributed by atoms with Gasteiger partial charge >= 0.3 is 0 Å². The number of carbonyl (C=O) groups excluding carboxylic acids is 1. The number of anilines is 1. The molecule has 2 N–H and O–H groups in total. The van der Waals surface area contributed by atoms with E-state index in [-0.39, 0.29) is 11.0 Å². The third-order valence-electron chi connectivity index (χ3n) is 3.25. The van der Waals surface area contributed by atoms with Crippen molar-refractivity contribution in [2.24, 2.45) is 0 Å². The van der Waals surface area contributed by atoms with Crippen LogP contribution >= 0.6 is 12.2 Å². The molecule has 0 saturated carbocycles. The second-order valence-corrected chi connectivity index (χ2v) is 5.33. The molecule has 0 atom stereocenters. The summed E-state index contributed by atoms with van der Waals surface area (Å²) < 4.78 is 5.39. The standard InChI is InChI=1S/C18H20N2O2S/c1-3-13-8-10-15(11-9-13)19-18(23)20-17(21)14-6-5-7-16(12-14)22-4-2/h5-12H,3-4H2,1-2H3,(H2,19,20,21,23). The van der Waals surface area contributed by atoms with Gasteiger partial charge < -0.3 is 10.1 Å². The van der Waals surface area contributed by atoms with E-state index in [2.05, 4.69) is 17.6 Å². The third kappa shape index (κ3) is 5.07. The fraction of sp³-hybridized carbons (Fsp3) is 0.222. The molecule has 0 radical (unpaired) electrons. The molecule has 0 spiro atoms. The van der Waals surface area contributed by atoms with E-state index in [4.69, 9.17) is 17.0 Å². The van der Waals surface area contributed by atoms with Crippen LogP contribution in [0, 0.1) is 0 Å². The number of hydrogen-bond donors (Lipinski definition) is 2. The molecular formula is C18H20N2O2S. The van der Waals surface area contributed by atoms with Crippen molar-refractivity contribution in [2.75, 3.05) is 11.9 Å². The first kappa shape index (κ1) is 17.0. The molecule has 0 aliphatic heterocycles.